The summed E-state index contributed by atoms with van der Waals surface area (Å²) in [6.45, 7) is 4.28. The molecule has 0 radical (unpaired) electrons. The van der Waals surface area contributed by atoms with Crippen molar-refractivity contribution in [3.05, 3.63) is 16.8 Å². The number of alkyl halides is 3. The first-order chi connectivity index (χ1) is 9.37. The summed E-state index contributed by atoms with van der Waals surface area (Å²) < 4.78 is 37.7. The van der Waals surface area contributed by atoms with E-state index in [0.717, 1.165) is 4.90 Å². The molecule has 1 heterocycles. The third-order valence-electron chi connectivity index (χ3n) is 2.99. The van der Waals surface area contributed by atoms with Crippen LogP contribution in [0.3, 0.4) is 0 Å². The van der Waals surface area contributed by atoms with Crippen molar-refractivity contribution >= 4 is 5.82 Å². The number of anilines is 1. The molecule has 1 aromatic rings. The number of nitrogens with zero attached hydrogens (tertiary/aromatic N) is 4. The normalized spacial score (nSPS) is 11.2. The highest BCUT2D eigenvalue weighted by Crippen LogP contribution is 2.26. The zero-order valence-electron chi connectivity index (χ0n) is 11.8. The van der Waals surface area contributed by atoms with Gasteiger partial charge in [-0.15, -0.1) is 5.10 Å². The van der Waals surface area contributed by atoms with E-state index in [2.05, 4.69) is 10.2 Å². The third-order valence-corrected chi connectivity index (χ3v) is 2.99. The Morgan fingerprint density at radius 1 is 1.15 bits per heavy atom. The number of hydrogen-bond acceptors (Lipinski definition) is 4. The van der Waals surface area contributed by atoms with Crippen LogP contribution in [0.15, 0.2) is 0 Å². The van der Waals surface area contributed by atoms with Crippen LogP contribution in [0.2, 0.25) is 0 Å². The van der Waals surface area contributed by atoms with Crippen molar-refractivity contribution in [2.75, 3.05) is 18.0 Å². The molecule has 7 heteroatoms. The minimum absolute atomic E-state index is 0.0152. The molecule has 1 aromatic heterocycles. The van der Waals surface area contributed by atoms with Crippen LogP contribution in [-0.4, -0.2) is 29.5 Å². The van der Waals surface area contributed by atoms with Crippen molar-refractivity contribution < 1.29 is 13.2 Å². The molecule has 0 amide bonds. The summed E-state index contributed by atoms with van der Waals surface area (Å²) in [5.74, 6) is 0.0152. The van der Waals surface area contributed by atoms with Gasteiger partial charge in [-0.05, 0) is 25.3 Å². The number of halogens is 3. The molecular formula is C13H17F3N4. The molecule has 0 saturated carbocycles. The summed E-state index contributed by atoms with van der Waals surface area (Å²) >= 11 is 0. The molecule has 1 rings (SSSR count). The van der Waals surface area contributed by atoms with Crippen LogP contribution >= 0.6 is 0 Å². The van der Waals surface area contributed by atoms with Crippen LogP contribution in [0.4, 0.5) is 19.0 Å². The molecule has 0 aliphatic carbocycles. The third kappa shape index (κ3) is 3.59. The van der Waals surface area contributed by atoms with Gasteiger partial charge in [0.25, 0.3) is 0 Å². The largest absolute Gasteiger partial charge is 0.405 e. The first kappa shape index (κ1) is 16.2. The fourth-order valence-electron chi connectivity index (χ4n) is 2.05. The average molecular weight is 286 g/mol. The molecule has 0 saturated heterocycles. The van der Waals surface area contributed by atoms with Crippen LogP contribution in [0, 0.1) is 11.3 Å². The van der Waals surface area contributed by atoms with Gasteiger partial charge in [0.05, 0.1) is 5.69 Å². The van der Waals surface area contributed by atoms with Crippen molar-refractivity contribution in [2.24, 2.45) is 0 Å². The molecule has 0 atom stereocenters. The Kier molecular flexibility index (Phi) is 5.31. The van der Waals surface area contributed by atoms with Crippen LogP contribution in [-0.2, 0) is 12.8 Å². The van der Waals surface area contributed by atoms with E-state index in [1.54, 1.807) is 6.92 Å². The van der Waals surface area contributed by atoms with E-state index in [0.29, 0.717) is 24.1 Å². The molecule has 0 spiro atoms. The van der Waals surface area contributed by atoms with Crippen LogP contribution in [0.5, 0.6) is 0 Å². The summed E-state index contributed by atoms with van der Waals surface area (Å²) in [6.07, 6.45) is -3.21. The van der Waals surface area contributed by atoms with Gasteiger partial charge in [-0.25, -0.2) is 0 Å². The lowest BCUT2D eigenvalue weighted by atomic mass is 10.0. The molecular weight excluding hydrogens is 269 g/mol. The zero-order valence-corrected chi connectivity index (χ0v) is 11.8. The first-order valence-corrected chi connectivity index (χ1v) is 6.48. The van der Waals surface area contributed by atoms with Gasteiger partial charge >= 0.3 is 6.18 Å². The summed E-state index contributed by atoms with van der Waals surface area (Å²) in [6, 6.07) is 1.98. The molecule has 0 aromatic carbocycles. The Bertz CT molecular complexity index is 506. The van der Waals surface area contributed by atoms with Gasteiger partial charge in [-0.1, -0.05) is 13.8 Å². The first-order valence-electron chi connectivity index (χ1n) is 6.48. The molecule has 110 valence electrons. The van der Waals surface area contributed by atoms with E-state index < -0.39 is 12.7 Å². The maximum Gasteiger partial charge on any atom is 0.405 e. The van der Waals surface area contributed by atoms with Crippen molar-refractivity contribution in [1.29, 1.82) is 5.26 Å². The number of nitriles is 1. The molecule has 0 N–H and O–H groups in total. The maximum absolute atomic E-state index is 12.6. The minimum Gasteiger partial charge on any atom is -0.345 e. The Balaban J connectivity index is 3.33. The second-order valence-corrected chi connectivity index (χ2v) is 4.27. The van der Waals surface area contributed by atoms with Crippen LogP contribution in [0.25, 0.3) is 0 Å². The van der Waals surface area contributed by atoms with Crippen molar-refractivity contribution in [3.63, 3.8) is 0 Å². The fourth-order valence-corrected chi connectivity index (χ4v) is 2.05. The Morgan fingerprint density at radius 3 is 2.20 bits per heavy atom. The van der Waals surface area contributed by atoms with Gasteiger partial charge < -0.3 is 4.90 Å². The number of hydrogen-bond donors (Lipinski definition) is 0. The fraction of sp³-hybridized carbons (Fsp3) is 0.615. The molecule has 0 aliphatic rings. The minimum atomic E-state index is -4.35. The number of aryl methyl sites for hydroxylation is 1. The van der Waals surface area contributed by atoms with Crippen molar-refractivity contribution in [2.45, 2.75) is 39.8 Å². The monoisotopic (exact) mass is 286 g/mol. The highest BCUT2D eigenvalue weighted by Gasteiger charge is 2.32. The summed E-state index contributed by atoms with van der Waals surface area (Å²) in [4.78, 5) is 1.03. The zero-order chi connectivity index (χ0) is 15.3. The molecule has 0 unspecified atom stereocenters. The molecule has 4 nitrogen and oxygen atoms in total. The van der Waals surface area contributed by atoms with Gasteiger partial charge in [0.1, 0.15) is 18.2 Å². The van der Waals surface area contributed by atoms with Gasteiger partial charge in [-0.2, -0.15) is 23.5 Å². The van der Waals surface area contributed by atoms with E-state index in [1.165, 1.54) is 0 Å². The summed E-state index contributed by atoms with van der Waals surface area (Å²) in [7, 11) is 0. The van der Waals surface area contributed by atoms with Gasteiger partial charge in [0.2, 0.25) is 0 Å². The van der Waals surface area contributed by atoms with E-state index in [4.69, 9.17) is 0 Å². The standard InChI is InChI=1S/C13H17F3N4/c1-4-9-10(7-17)12(19-18-11(9)5-2)20(6-3)8-13(14,15)16/h4-6,8H2,1-3H3. The second kappa shape index (κ2) is 6.55. The van der Waals surface area contributed by atoms with Crippen molar-refractivity contribution in [1.82, 2.24) is 10.2 Å². The van der Waals surface area contributed by atoms with Crippen LogP contribution in [0.1, 0.15) is 37.6 Å². The van der Waals surface area contributed by atoms with E-state index >= 15 is 0 Å². The quantitative estimate of drug-likeness (QED) is 0.835. The maximum atomic E-state index is 12.6. The van der Waals surface area contributed by atoms with E-state index in [-0.39, 0.29) is 17.9 Å². The molecule has 0 bridgehead atoms. The van der Waals surface area contributed by atoms with Gasteiger partial charge in [-0.3, -0.25) is 0 Å². The number of aromatic nitrogens is 2. The van der Waals surface area contributed by atoms with Crippen molar-refractivity contribution in [3.8, 4) is 6.07 Å². The van der Waals surface area contributed by atoms with E-state index in [1.807, 2.05) is 19.9 Å². The highest BCUT2D eigenvalue weighted by atomic mass is 19.4. The highest BCUT2D eigenvalue weighted by molar-refractivity contribution is 5.58. The smallest absolute Gasteiger partial charge is 0.345 e. The topological polar surface area (TPSA) is 52.8 Å². The summed E-state index contributed by atoms with van der Waals surface area (Å²) in [5.41, 5.74) is 1.54. The average Bonchev–Trinajstić information content (AvgIpc) is 2.41. The van der Waals surface area contributed by atoms with E-state index in [9.17, 15) is 18.4 Å². The lowest BCUT2D eigenvalue weighted by molar-refractivity contribution is -0.119. The predicted octanol–water partition coefficient (Wildman–Crippen LogP) is 2.86. The number of rotatable bonds is 5. The predicted molar refractivity (Wildman–Crippen MR) is 69.4 cm³/mol. The Morgan fingerprint density at radius 2 is 1.80 bits per heavy atom. The van der Waals surface area contributed by atoms with Crippen LogP contribution < -0.4 is 4.90 Å². The summed E-state index contributed by atoms with van der Waals surface area (Å²) in [5, 5.41) is 17.1. The Labute approximate surface area is 116 Å². The Hall–Kier alpha value is -1.84. The lowest BCUT2D eigenvalue weighted by Crippen LogP contribution is -2.35. The SMILES string of the molecule is CCc1nnc(N(CC)CC(F)(F)F)c(C#N)c1CC. The molecule has 20 heavy (non-hydrogen) atoms. The molecule has 0 fully saturated rings. The lowest BCUT2D eigenvalue weighted by Gasteiger charge is -2.24. The van der Waals surface area contributed by atoms with Gasteiger partial charge in [0.15, 0.2) is 5.82 Å². The molecule has 0 aliphatic heterocycles. The van der Waals surface area contributed by atoms with Gasteiger partial charge in [0, 0.05) is 6.54 Å². The second-order valence-electron chi connectivity index (χ2n) is 4.27.